The molecule has 6 nitrogen and oxygen atoms in total. The van der Waals surface area contributed by atoms with Crippen LogP contribution in [0.15, 0.2) is 41.7 Å². The maximum absolute atomic E-state index is 12.6. The van der Waals surface area contributed by atoms with Crippen LogP contribution < -0.4 is 0 Å². The first-order valence-electron chi connectivity index (χ1n) is 10.2. The number of likely N-dealkylation sites (tertiary alicyclic amines) is 1. The monoisotopic (exact) mass is 405 g/mol. The van der Waals surface area contributed by atoms with Crippen molar-refractivity contribution in [3.05, 3.63) is 47.8 Å². The second-order valence-corrected chi connectivity index (χ2v) is 9.63. The lowest BCUT2D eigenvalue weighted by Gasteiger charge is -2.35. The molecule has 154 valence electrons. The SMILES string of the molecule is CCS(=O)(=O)c1ncc(CN2CCCC[C@H]2CCO)n1CCc1ccccc1. The molecule has 1 saturated heterocycles. The van der Waals surface area contributed by atoms with Crippen LogP contribution in [0.1, 0.15) is 43.9 Å². The summed E-state index contributed by atoms with van der Waals surface area (Å²) in [5.74, 6) is 0.0473. The van der Waals surface area contributed by atoms with E-state index in [4.69, 9.17) is 0 Å². The maximum Gasteiger partial charge on any atom is 0.227 e. The third-order valence-corrected chi connectivity index (χ3v) is 7.25. The molecule has 1 aliphatic heterocycles. The summed E-state index contributed by atoms with van der Waals surface area (Å²) in [6.45, 7) is 4.08. The molecule has 1 fully saturated rings. The van der Waals surface area contributed by atoms with E-state index in [1.54, 1.807) is 13.1 Å². The number of aliphatic hydroxyl groups is 1. The molecule has 3 rings (SSSR count). The third-order valence-electron chi connectivity index (χ3n) is 5.60. The number of aliphatic hydroxyl groups excluding tert-OH is 1. The predicted octanol–water partition coefficient (Wildman–Crippen LogP) is 2.66. The van der Waals surface area contributed by atoms with Gasteiger partial charge in [-0.05, 0) is 37.8 Å². The van der Waals surface area contributed by atoms with Crippen LogP contribution in [0.25, 0.3) is 0 Å². The van der Waals surface area contributed by atoms with Crippen molar-refractivity contribution in [2.24, 2.45) is 0 Å². The van der Waals surface area contributed by atoms with E-state index in [1.165, 1.54) is 12.0 Å². The Labute approximate surface area is 168 Å². The summed E-state index contributed by atoms with van der Waals surface area (Å²) in [7, 11) is -3.38. The number of sulfone groups is 1. The van der Waals surface area contributed by atoms with Crippen molar-refractivity contribution in [1.82, 2.24) is 14.5 Å². The number of nitrogens with zero attached hydrogens (tertiary/aromatic N) is 3. The summed E-state index contributed by atoms with van der Waals surface area (Å²) in [6.07, 6.45) is 6.65. The number of aryl methyl sites for hydroxylation is 1. The van der Waals surface area contributed by atoms with Crippen LogP contribution in [0.4, 0.5) is 0 Å². The van der Waals surface area contributed by atoms with Gasteiger partial charge in [0.25, 0.3) is 0 Å². The van der Waals surface area contributed by atoms with Gasteiger partial charge < -0.3 is 9.67 Å². The average molecular weight is 406 g/mol. The van der Waals surface area contributed by atoms with Gasteiger partial charge in [0.15, 0.2) is 0 Å². The molecule has 28 heavy (non-hydrogen) atoms. The largest absolute Gasteiger partial charge is 0.396 e. The van der Waals surface area contributed by atoms with E-state index in [0.717, 1.165) is 37.9 Å². The van der Waals surface area contributed by atoms with Crippen molar-refractivity contribution in [1.29, 1.82) is 0 Å². The summed E-state index contributed by atoms with van der Waals surface area (Å²) < 4.78 is 27.0. The van der Waals surface area contributed by atoms with Crippen LogP contribution >= 0.6 is 0 Å². The summed E-state index contributed by atoms with van der Waals surface area (Å²) in [4.78, 5) is 6.68. The van der Waals surface area contributed by atoms with Crippen molar-refractivity contribution < 1.29 is 13.5 Å². The molecule has 1 aromatic heterocycles. The van der Waals surface area contributed by atoms with Gasteiger partial charge in [0.2, 0.25) is 15.0 Å². The van der Waals surface area contributed by atoms with E-state index in [1.807, 2.05) is 22.8 Å². The zero-order valence-corrected chi connectivity index (χ0v) is 17.4. The van der Waals surface area contributed by atoms with Crippen molar-refractivity contribution in [2.45, 2.75) is 63.3 Å². The molecule has 0 amide bonds. The second-order valence-electron chi connectivity index (χ2n) is 7.46. The van der Waals surface area contributed by atoms with Gasteiger partial charge in [-0.3, -0.25) is 4.90 Å². The third kappa shape index (κ3) is 5.01. The summed E-state index contributed by atoms with van der Waals surface area (Å²) >= 11 is 0. The van der Waals surface area contributed by atoms with Crippen LogP contribution in [-0.4, -0.2) is 52.9 Å². The fourth-order valence-corrected chi connectivity index (χ4v) is 4.99. The number of rotatable bonds is 9. The minimum Gasteiger partial charge on any atom is -0.396 e. The molecule has 0 saturated carbocycles. The topological polar surface area (TPSA) is 75.4 Å². The Balaban J connectivity index is 1.85. The Hall–Kier alpha value is -1.70. The molecule has 1 atom stereocenters. The Morgan fingerprint density at radius 3 is 2.71 bits per heavy atom. The minimum atomic E-state index is -3.38. The molecule has 0 aliphatic carbocycles. The molecular formula is C21H31N3O3S. The van der Waals surface area contributed by atoms with E-state index in [0.29, 0.717) is 19.1 Å². The highest BCUT2D eigenvalue weighted by Gasteiger charge is 2.26. The van der Waals surface area contributed by atoms with Gasteiger partial charge in [-0.1, -0.05) is 43.7 Å². The quantitative estimate of drug-likeness (QED) is 0.694. The smallest absolute Gasteiger partial charge is 0.227 e. The molecule has 0 spiro atoms. The van der Waals surface area contributed by atoms with Gasteiger partial charge in [-0.15, -0.1) is 0 Å². The van der Waals surface area contributed by atoms with E-state index < -0.39 is 9.84 Å². The minimum absolute atomic E-state index is 0.0473. The number of imidazole rings is 1. The maximum atomic E-state index is 12.6. The Morgan fingerprint density at radius 1 is 1.21 bits per heavy atom. The van der Waals surface area contributed by atoms with Crippen molar-refractivity contribution in [3.63, 3.8) is 0 Å². The average Bonchev–Trinajstić information content (AvgIpc) is 3.12. The van der Waals surface area contributed by atoms with Crippen LogP contribution in [0.2, 0.25) is 0 Å². The van der Waals surface area contributed by atoms with Crippen LogP contribution in [-0.2, 0) is 29.3 Å². The number of benzene rings is 1. The number of hydrogen-bond donors (Lipinski definition) is 1. The van der Waals surface area contributed by atoms with Gasteiger partial charge in [-0.25, -0.2) is 13.4 Å². The fourth-order valence-electron chi connectivity index (χ4n) is 3.97. The highest BCUT2D eigenvalue weighted by molar-refractivity contribution is 7.91. The van der Waals surface area contributed by atoms with Crippen molar-refractivity contribution in [3.8, 4) is 0 Å². The summed E-state index contributed by atoms with van der Waals surface area (Å²) in [5.41, 5.74) is 2.12. The van der Waals surface area contributed by atoms with Crippen LogP contribution in [0.5, 0.6) is 0 Å². The standard InChI is InChI=1S/C21H31N3O3S/c1-2-28(26,27)21-22-16-20(17-23-13-7-6-10-19(23)12-15-25)24(21)14-11-18-8-4-3-5-9-18/h3-5,8-9,16,19,25H,2,6-7,10-15,17H2,1H3/t19-/m0/s1. The molecule has 0 unspecified atom stereocenters. The normalized spacial score (nSPS) is 18.4. The molecule has 2 heterocycles. The van der Waals surface area contributed by atoms with E-state index in [9.17, 15) is 13.5 Å². The zero-order chi connectivity index (χ0) is 20.0. The first-order valence-corrected chi connectivity index (χ1v) is 11.9. The van der Waals surface area contributed by atoms with Gasteiger partial charge in [0.05, 0.1) is 17.6 Å². The highest BCUT2D eigenvalue weighted by Crippen LogP contribution is 2.23. The fraction of sp³-hybridized carbons (Fsp3) is 0.571. The van der Waals surface area contributed by atoms with Crippen LogP contribution in [0.3, 0.4) is 0 Å². The Morgan fingerprint density at radius 2 is 2.00 bits per heavy atom. The lowest BCUT2D eigenvalue weighted by atomic mass is 9.99. The lowest BCUT2D eigenvalue weighted by molar-refractivity contribution is 0.109. The molecule has 1 N–H and O–H groups in total. The zero-order valence-electron chi connectivity index (χ0n) is 16.6. The van der Waals surface area contributed by atoms with E-state index >= 15 is 0 Å². The van der Waals surface area contributed by atoms with E-state index in [-0.39, 0.29) is 17.5 Å². The lowest BCUT2D eigenvalue weighted by Crippen LogP contribution is -2.40. The molecule has 1 aromatic carbocycles. The molecule has 0 radical (unpaired) electrons. The first kappa shape index (κ1) is 21.0. The van der Waals surface area contributed by atoms with Crippen molar-refractivity contribution >= 4 is 9.84 Å². The number of piperidine rings is 1. The number of hydrogen-bond acceptors (Lipinski definition) is 5. The molecule has 1 aliphatic rings. The summed E-state index contributed by atoms with van der Waals surface area (Å²) in [6, 6.07) is 10.5. The number of aromatic nitrogens is 2. The second kappa shape index (κ2) is 9.67. The first-order chi connectivity index (χ1) is 13.5. The van der Waals surface area contributed by atoms with Gasteiger partial charge in [-0.2, -0.15) is 0 Å². The summed E-state index contributed by atoms with van der Waals surface area (Å²) in [5, 5.41) is 9.56. The molecule has 0 bridgehead atoms. The Kier molecular flexibility index (Phi) is 7.26. The van der Waals surface area contributed by atoms with Gasteiger partial charge >= 0.3 is 0 Å². The highest BCUT2D eigenvalue weighted by atomic mass is 32.2. The van der Waals surface area contributed by atoms with Gasteiger partial charge in [0, 0.05) is 25.7 Å². The van der Waals surface area contributed by atoms with Crippen molar-refractivity contribution in [2.75, 3.05) is 18.9 Å². The Bertz CT molecular complexity index is 847. The molecule has 2 aromatic rings. The predicted molar refractivity (Wildman–Crippen MR) is 110 cm³/mol. The molecule has 7 heteroatoms. The van der Waals surface area contributed by atoms with E-state index in [2.05, 4.69) is 22.0 Å². The van der Waals surface area contributed by atoms with Gasteiger partial charge in [0.1, 0.15) is 0 Å². The molecular weight excluding hydrogens is 374 g/mol. The van der Waals surface area contributed by atoms with Crippen LogP contribution in [0, 0.1) is 0 Å².